The molecular weight excluding hydrogens is 410 g/mol. The van der Waals surface area contributed by atoms with E-state index in [1.165, 1.54) is 4.90 Å². The first kappa shape index (κ1) is 23.6. The molecule has 4 heteroatoms. The highest BCUT2D eigenvalue weighted by Gasteiger charge is 2.35. The summed E-state index contributed by atoms with van der Waals surface area (Å²) >= 11 is 0. The molecular formula is C29H38NO3+. The number of nitrogens with one attached hydrogen (secondary N) is 1. The van der Waals surface area contributed by atoms with E-state index < -0.39 is 0 Å². The van der Waals surface area contributed by atoms with Crippen molar-refractivity contribution in [2.24, 2.45) is 0 Å². The molecule has 4 nitrogen and oxygen atoms in total. The minimum Gasteiger partial charge on any atom is -0.507 e. The van der Waals surface area contributed by atoms with Crippen LogP contribution in [0, 0.1) is 0 Å². The van der Waals surface area contributed by atoms with Gasteiger partial charge in [-0.05, 0) is 39.8 Å². The van der Waals surface area contributed by atoms with Crippen LogP contribution in [0.25, 0.3) is 10.8 Å². The highest BCUT2D eigenvalue weighted by Crippen LogP contribution is 2.43. The van der Waals surface area contributed by atoms with Crippen LogP contribution in [0.3, 0.4) is 0 Å². The maximum absolute atomic E-state index is 11.3. The van der Waals surface area contributed by atoms with Crippen molar-refractivity contribution in [3.63, 3.8) is 0 Å². The van der Waals surface area contributed by atoms with Crippen LogP contribution >= 0.6 is 0 Å². The second kappa shape index (κ2) is 8.66. The fraction of sp³-hybridized carbons (Fsp3) is 0.448. The third-order valence-electron chi connectivity index (χ3n) is 6.86. The SMILES string of the molecule is CC(C)(C)c1cc([C@@H](c2c(O)ccc3ccccc23)[NH+]2CCOCC2)cc(C(C)(C)C)c1O. The lowest BCUT2D eigenvalue weighted by Gasteiger charge is -2.35. The molecule has 1 atom stereocenters. The van der Waals surface area contributed by atoms with Crippen molar-refractivity contribution >= 4 is 10.8 Å². The molecule has 1 heterocycles. The topological polar surface area (TPSA) is 54.1 Å². The molecule has 3 aromatic carbocycles. The minimum absolute atomic E-state index is 0.0669. The van der Waals surface area contributed by atoms with Gasteiger partial charge in [0.1, 0.15) is 30.6 Å². The molecule has 0 saturated carbocycles. The van der Waals surface area contributed by atoms with Crippen molar-refractivity contribution in [3.05, 3.63) is 70.8 Å². The molecule has 0 spiro atoms. The van der Waals surface area contributed by atoms with Crippen molar-refractivity contribution in [2.45, 2.75) is 58.4 Å². The van der Waals surface area contributed by atoms with Crippen LogP contribution in [-0.4, -0.2) is 36.5 Å². The summed E-state index contributed by atoms with van der Waals surface area (Å²) in [6.45, 7) is 16.0. The first-order chi connectivity index (χ1) is 15.5. The fourth-order valence-electron chi connectivity index (χ4n) is 5.08. The number of benzene rings is 3. The van der Waals surface area contributed by atoms with Gasteiger partial charge in [-0.2, -0.15) is 0 Å². The van der Waals surface area contributed by atoms with E-state index in [0.29, 0.717) is 24.7 Å². The molecule has 33 heavy (non-hydrogen) atoms. The molecule has 1 aliphatic heterocycles. The van der Waals surface area contributed by atoms with E-state index in [4.69, 9.17) is 4.74 Å². The monoisotopic (exact) mass is 448 g/mol. The number of hydrogen-bond acceptors (Lipinski definition) is 3. The molecule has 3 aromatic rings. The molecule has 0 radical (unpaired) electrons. The number of phenolic OH excluding ortho intramolecular Hbond substituents is 2. The predicted octanol–water partition coefficient (Wildman–Crippen LogP) is 4.85. The zero-order valence-corrected chi connectivity index (χ0v) is 20.8. The lowest BCUT2D eigenvalue weighted by molar-refractivity contribution is -0.933. The lowest BCUT2D eigenvalue weighted by Crippen LogP contribution is -3.14. The summed E-state index contributed by atoms with van der Waals surface area (Å²) < 4.78 is 5.69. The van der Waals surface area contributed by atoms with E-state index in [1.54, 1.807) is 0 Å². The van der Waals surface area contributed by atoms with E-state index in [0.717, 1.165) is 46.1 Å². The zero-order chi connectivity index (χ0) is 24.0. The molecule has 1 aliphatic rings. The first-order valence-corrected chi connectivity index (χ1v) is 12.0. The third-order valence-corrected chi connectivity index (χ3v) is 6.86. The number of aromatic hydroxyl groups is 2. The average Bonchev–Trinajstić information content (AvgIpc) is 2.75. The van der Waals surface area contributed by atoms with Gasteiger partial charge >= 0.3 is 0 Å². The fourth-order valence-corrected chi connectivity index (χ4v) is 5.08. The lowest BCUT2D eigenvalue weighted by atomic mass is 9.77. The maximum atomic E-state index is 11.3. The van der Waals surface area contributed by atoms with Gasteiger partial charge in [0.25, 0.3) is 0 Å². The van der Waals surface area contributed by atoms with E-state index in [1.807, 2.05) is 24.3 Å². The van der Waals surface area contributed by atoms with Crippen molar-refractivity contribution in [1.82, 2.24) is 0 Å². The number of quaternary nitrogens is 1. The largest absolute Gasteiger partial charge is 0.507 e. The summed E-state index contributed by atoms with van der Waals surface area (Å²) in [7, 11) is 0. The molecule has 176 valence electrons. The first-order valence-electron chi connectivity index (χ1n) is 12.0. The molecule has 0 bridgehead atoms. The molecule has 1 saturated heterocycles. The second-order valence-electron chi connectivity index (χ2n) is 11.4. The van der Waals surface area contributed by atoms with Gasteiger partial charge in [-0.1, -0.05) is 71.9 Å². The van der Waals surface area contributed by atoms with Gasteiger partial charge in [-0.25, -0.2) is 0 Å². The third kappa shape index (κ3) is 4.60. The van der Waals surface area contributed by atoms with Crippen LogP contribution in [-0.2, 0) is 15.6 Å². The zero-order valence-electron chi connectivity index (χ0n) is 20.8. The van der Waals surface area contributed by atoms with E-state index in [2.05, 4.69) is 65.8 Å². The van der Waals surface area contributed by atoms with Crippen LogP contribution in [0.4, 0.5) is 0 Å². The van der Waals surface area contributed by atoms with Crippen LogP contribution in [0.2, 0.25) is 0 Å². The van der Waals surface area contributed by atoms with Crippen LogP contribution < -0.4 is 4.90 Å². The number of morpholine rings is 1. The number of rotatable bonds is 3. The minimum atomic E-state index is -0.216. The van der Waals surface area contributed by atoms with E-state index in [-0.39, 0.29) is 16.9 Å². The maximum Gasteiger partial charge on any atom is 0.143 e. The van der Waals surface area contributed by atoms with Gasteiger partial charge in [-0.3, -0.25) is 0 Å². The van der Waals surface area contributed by atoms with Gasteiger partial charge in [0, 0.05) is 16.7 Å². The molecule has 3 N–H and O–H groups in total. The number of phenols is 2. The highest BCUT2D eigenvalue weighted by atomic mass is 16.5. The molecule has 0 aliphatic carbocycles. The van der Waals surface area contributed by atoms with Crippen molar-refractivity contribution < 1.29 is 19.8 Å². The quantitative estimate of drug-likeness (QED) is 0.537. The van der Waals surface area contributed by atoms with E-state index >= 15 is 0 Å². The summed E-state index contributed by atoms with van der Waals surface area (Å²) in [5.74, 6) is 0.706. The number of fused-ring (bicyclic) bond motifs is 1. The average molecular weight is 449 g/mol. The molecule has 0 aromatic heterocycles. The summed E-state index contributed by atoms with van der Waals surface area (Å²) in [5, 5.41) is 24.7. The Bertz CT molecular complexity index is 1110. The molecule has 4 rings (SSSR count). The van der Waals surface area contributed by atoms with Gasteiger partial charge in [-0.15, -0.1) is 0 Å². The Balaban J connectivity index is 2.04. The second-order valence-corrected chi connectivity index (χ2v) is 11.4. The summed E-state index contributed by atoms with van der Waals surface area (Å²) in [6.07, 6.45) is 0. The predicted molar refractivity (Wildman–Crippen MR) is 134 cm³/mol. The molecule has 0 unspecified atom stereocenters. The standard InChI is InChI=1S/C29H37NO3/c1-28(2,3)22-17-20(18-23(27(22)32)29(4,5)6)26(30-13-15-33-16-14-30)25-21-10-8-7-9-19(21)11-12-24(25)31/h7-12,17-18,26,31-32H,13-16H2,1-6H3/p+1/t26-/m0/s1. The number of hydrogen-bond donors (Lipinski definition) is 3. The Morgan fingerprint density at radius 3 is 1.97 bits per heavy atom. The Morgan fingerprint density at radius 2 is 1.39 bits per heavy atom. The van der Waals surface area contributed by atoms with Crippen molar-refractivity contribution in [1.29, 1.82) is 0 Å². The Morgan fingerprint density at radius 1 is 0.818 bits per heavy atom. The van der Waals surface area contributed by atoms with E-state index in [9.17, 15) is 10.2 Å². The van der Waals surface area contributed by atoms with Gasteiger partial charge in [0.15, 0.2) is 0 Å². The van der Waals surface area contributed by atoms with Gasteiger partial charge < -0.3 is 19.8 Å². The van der Waals surface area contributed by atoms with Crippen LogP contribution in [0.5, 0.6) is 11.5 Å². The van der Waals surface area contributed by atoms with Crippen molar-refractivity contribution in [3.8, 4) is 11.5 Å². The normalized spacial score (nSPS) is 16.8. The van der Waals surface area contributed by atoms with Crippen LogP contribution in [0.15, 0.2) is 48.5 Å². The molecule has 0 amide bonds. The Kier molecular flexibility index (Phi) is 6.19. The van der Waals surface area contributed by atoms with Gasteiger partial charge in [0.2, 0.25) is 0 Å². The Labute approximate surface area is 197 Å². The highest BCUT2D eigenvalue weighted by molar-refractivity contribution is 5.88. The van der Waals surface area contributed by atoms with Gasteiger partial charge in [0.05, 0.1) is 18.8 Å². The number of ether oxygens (including phenoxy) is 1. The smallest absolute Gasteiger partial charge is 0.143 e. The van der Waals surface area contributed by atoms with Crippen LogP contribution in [0.1, 0.15) is 69.8 Å². The summed E-state index contributed by atoms with van der Waals surface area (Å²) in [5.41, 5.74) is 3.55. The van der Waals surface area contributed by atoms with Crippen molar-refractivity contribution in [2.75, 3.05) is 26.3 Å². The summed E-state index contributed by atoms with van der Waals surface area (Å²) in [4.78, 5) is 1.37. The summed E-state index contributed by atoms with van der Waals surface area (Å²) in [6, 6.07) is 16.3. The Hall–Kier alpha value is -2.56. The molecule has 1 fully saturated rings.